The van der Waals surface area contributed by atoms with Gasteiger partial charge in [0, 0.05) is 11.6 Å². The highest BCUT2D eigenvalue weighted by Gasteiger charge is 2.21. The Morgan fingerprint density at radius 1 is 1.05 bits per heavy atom. The maximum Gasteiger partial charge on any atom is 0.243 e. The van der Waals surface area contributed by atoms with Crippen molar-refractivity contribution < 1.29 is 9.59 Å². The van der Waals surface area contributed by atoms with Crippen LogP contribution in [0, 0.1) is 19.8 Å². The third-order valence-corrected chi connectivity index (χ3v) is 3.90. The van der Waals surface area contributed by atoms with Crippen molar-refractivity contribution in [3.05, 3.63) is 29.3 Å². The Morgan fingerprint density at radius 2 is 1.67 bits per heavy atom. The van der Waals surface area contributed by atoms with Gasteiger partial charge in [0.1, 0.15) is 0 Å². The first kappa shape index (κ1) is 15.5. The van der Waals surface area contributed by atoms with Gasteiger partial charge < -0.3 is 10.6 Å². The number of carbonyl (C=O) groups excluding carboxylic acids is 2. The third-order valence-electron chi connectivity index (χ3n) is 3.90. The molecule has 0 bridgehead atoms. The van der Waals surface area contributed by atoms with Crippen molar-refractivity contribution in [1.29, 1.82) is 0 Å². The number of carbonyl (C=O) groups is 2. The molecule has 2 N–H and O–H groups in total. The van der Waals surface area contributed by atoms with Gasteiger partial charge in [-0.25, -0.2) is 0 Å². The lowest BCUT2D eigenvalue weighted by atomic mass is 9.89. The number of hydrogen-bond donors (Lipinski definition) is 2. The van der Waals surface area contributed by atoms with Crippen LogP contribution in [0.2, 0.25) is 0 Å². The summed E-state index contributed by atoms with van der Waals surface area (Å²) in [5, 5.41) is 5.58. The van der Waals surface area contributed by atoms with E-state index in [0.717, 1.165) is 42.5 Å². The van der Waals surface area contributed by atoms with Crippen molar-refractivity contribution in [3.8, 4) is 0 Å². The Kier molecular flexibility index (Phi) is 5.37. The molecule has 4 nitrogen and oxygen atoms in total. The molecule has 0 radical (unpaired) electrons. The van der Waals surface area contributed by atoms with Gasteiger partial charge in [-0.05, 0) is 49.9 Å². The van der Waals surface area contributed by atoms with E-state index in [1.165, 1.54) is 6.42 Å². The van der Waals surface area contributed by atoms with Crippen molar-refractivity contribution in [1.82, 2.24) is 5.32 Å². The third kappa shape index (κ3) is 4.88. The van der Waals surface area contributed by atoms with Gasteiger partial charge in [-0.2, -0.15) is 0 Å². The molecule has 1 fully saturated rings. The van der Waals surface area contributed by atoms with E-state index in [2.05, 4.69) is 16.7 Å². The number of anilines is 1. The van der Waals surface area contributed by atoms with Crippen molar-refractivity contribution in [3.63, 3.8) is 0 Å². The average Bonchev–Trinajstić information content (AvgIpc) is 2.44. The number of hydrogen-bond acceptors (Lipinski definition) is 2. The van der Waals surface area contributed by atoms with Gasteiger partial charge in [-0.3, -0.25) is 9.59 Å². The van der Waals surface area contributed by atoms with E-state index < -0.39 is 0 Å². The lowest BCUT2D eigenvalue weighted by Gasteiger charge is -2.20. The molecule has 114 valence electrons. The molecular formula is C17H24N2O2. The molecule has 1 saturated carbocycles. The van der Waals surface area contributed by atoms with Gasteiger partial charge in [-0.15, -0.1) is 0 Å². The second kappa shape index (κ2) is 7.25. The van der Waals surface area contributed by atoms with Gasteiger partial charge >= 0.3 is 0 Å². The van der Waals surface area contributed by atoms with E-state index in [1.54, 1.807) is 0 Å². The summed E-state index contributed by atoms with van der Waals surface area (Å²) in [5.41, 5.74) is 3.00. The predicted octanol–water partition coefficient (Wildman–Crippen LogP) is 2.94. The van der Waals surface area contributed by atoms with Crippen molar-refractivity contribution in [2.24, 2.45) is 5.92 Å². The number of amides is 2. The van der Waals surface area contributed by atoms with E-state index in [-0.39, 0.29) is 24.3 Å². The summed E-state index contributed by atoms with van der Waals surface area (Å²) in [5.74, 6) is -0.0674. The van der Waals surface area contributed by atoms with E-state index in [9.17, 15) is 9.59 Å². The minimum absolute atomic E-state index is 0.0188. The topological polar surface area (TPSA) is 58.2 Å². The van der Waals surface area contributed by atoms with Crippen LogP contribution in [0.4, 0.5) is 5.69 Å². The highest BCUT2D eigenvalue weighted by atomic mass is 16.2. The Bertz CT molecular complexity index is 499. The summed E-state index contributed by atoms with van der Waals surface area (Å²) in [6, 6.07) is 5.90. The first-order chi connectivity index (χ1) is 10.0. The fraction of sp³-hybridized carbons (Fsp3) is 0.529. The SMILES string of the molecule is Cc1cc(C)cc(NC(=O)CNC(=O)C2CCCCC2)c1. The highest BCUT2D eigenvalue weighted by molar-refractivity contribution is 5.94. The molecule has 0 atom stereocenters. The molecule has 0 spiro atoms. The zero-order chi connectivity index (χ0) is 15.2. The summed E-state index contributed by atoms with van der Waals surface area (Å²) in [4.78, 5) is 23.9. The molecule has 4 heteroatoms. The maximum absolute atomic E-state index is 12.0. The summed E-state index contributed by atoms with van der Waals surface area (Å²) < 4.78 is 0. The monoisotopic (exact) mass is 288 g/mol. The quantitative estimate of drug-likeness (QED) is 0.895. The molecule has 1 aromatic rings. The van der Waals surface area contributed by atoms with Gasteiger partial charge in [-0.1, -0.05) is 25.3 Å². The molecule has 1 aliphatic rings. The van der Waals surface area contributed by atoms with E-state index >= 15 is 0 Å². The Morgan fingerprint density at radius 3 is 2.29 bits per heavy atom. The largest absolute Gasteiger partial charge is 0.347 e. The number of nitrogens with one attached hydrogen (secondary N) is 2. The second-order valence-corrected chi connectivity index (χ2v) is 5.98. The zero-order valence-corrected chi connectivity index (χ0v) is 12.9. The van der Waals surface area contributed by atoms with Crippen LogP contribution in [0.25, 0.3) is 0 Å². The molecule has 0 aliphatic heterocycles. The minimum Gasteiger partial charge on any atom is -0.347 e. The molecule has 0 unspecified atom stereocenters. The average molecular weight is 288 g/mol. The smallest absolute Gasteiger partial charge is 0.243 e. The molecule has 0 aromatic heterocycles. The highest BCUT2D eigenvalue weighted by Crippen LogP contribution is 2.23. The van der Waals surface area contributed by atoms with Crippen LogP contribution in [0.5, 0.6) is 0 Å². The molecule has 0 heterocycles. The van der Waals surface area contributed by atoms with Gasteiger partial charge in [0.15, 0.2) is 0 Å². The Balaban J connectivity index is 1.80. The number of benzene rings is 1. The summed E-state index contributed by atoms with van der Waals surface area (Å²) in [6.07, 6.45) is 5.35. The molecular weight excluding hydrogens is 264 g/mol. The van der Waals surface area contributed by atoms with Crippen LogP contribution in [-0.2, 0) is 9.59 Å². The standard InChI is InChI=1S/C17H24N2O2/c1-12-8-13(2)10-15(9-12)19-16(20)11-18-17(21)14-6-4-3-5-7-14/h8-10,14H,3-7,11H2,1-2H3,(H,18,21)(H,19,20). The molecule has 2 amide bonds. The number of rotatable bonds is 4. The minimum atomic E-state index is -0.177. The predicted molar refractivity (Wildman–Crippen MR) is 84.1 cm³/mol. The van der Waals surface area contributed by atoms with Crippen molar-refractivity contribution in [2.75, 3.05) is 11.9 Å². The van der Waals surface area contributed by atoms with Crippen LogP contribution < -0.4 is 10.6 Å². The molecule has 1 aromatic carbocycles. The van der Waals surface area contributed by atoms with Crippen molar-refractivity contribution >= 4 is 17.5 Å². The summed E-state index contributed by atoms with van der Waals surface area (Å²) in [6.45, 7) is 4.03. The Labute approximate surface area is 126 Å². The normalized spacial score (nSPS) is 15.5. The van der Waals surface area contributed by atoms with Crippen molar-refractivity contribution in [2.45, 2.75) is 46.0 Å². The first-order valence-corrected chi connectivity index (χ1v) is 7.70. The summed E-state index contributed by atoms with van der Waals surface area (Å²) >= 11 is 0. The van der Waals surface area contributed by atoms with E-state index in [4.69, 9.17) is 0 Å². The van der Waals surface area contributed by atoms with Crippen LogP contribution in [0.3, 0.4) is 0 Å². The van der Waals surface area contributed by atoms with Crippen LogP contribution in [0.15, 0.2) is 18.2 Å². The van der Waals surface area contributed by atoms with Crippen LogP contribution in [0.1, 0.15) is 43.2 Å². The van der Waals surface area contributed by atoms with E-state index in [0.29, 0.717) is 0 Å². The van der Waals surface area contributed by atoms with Crippen LogP contribution >= 0.6 is 0 Å². The lowest BCUT2D eigenvalue weighted by Crippen LogP contribution is -2.37. The zero-order valence-electron chi connectivity index (χ0n) is 12.9. The fourth-order valence-corrected chi connectivity index (χ4v) is 2.93. The Hall–Kier alpha value is -1.84. The van der Waals surface area contributed by atoms with Gasteiger partial charge in [0.25, 0.3) is 0 Å². The van der Waals surface area contributed by atoms with E-state index in [1.807, 2.05) is 26.0 Å². The molecule has 2 rings (SSSR count). The fourth-order valence-electron chi connectivity index (χ4n) is 2.93. The lowest BCUT2D eigenvalue weighted by molar-refractivity contribution is -0.128. The van der Waals surface area contributed by atoms with Crippen LogP contribution in [-0.4, -0.2) is 18.4 Å². The van der Waals surface area contributed by atoms with Gasteiger partial charge in [0.2, 0.25) is 11.8 Å². The summed E-state index contributed by atoms with van der Waals surface area (Å²) in [7, 11) is 0. The first-order valence-electron chi connectivity index (χ1n) is 7.70. The molecule has 1 aliphatic carbocycles. The number of aryl methyl sites for hydroxylation is 2. The van der Waals surface area contributed by atoms with Gasteiger partial charge in [0.05, 0.1) is 6.54 Å². The molecule has 0 saturated heterocycles. The maximum atomic E-state index is 12.0. The molecule has 21 heavy (non-hydrogen) atoms. The second-order valence-electron chi connectivity index (χ2n) is 5.98.